The van der Waals surface area contributed by atoms with Gasteiger partial charge in [0.15, 0.2) is 0 Å². The molecule has 0 unspecified atom stereocenters. The fourth-order valence-electron chi connectivity index (χ4n) is 2.30. The van der Waals surface area contributed by atoms with Crippen LogP contribution in [0.2, 0.25) is 0 Å². The quantitative estimate of drug-likeness (QED) is 0.867. The van der Waals surface area contributed by atoms with Crippen LogP contribution in [0, 0.1) is 0 Å². The molecule has 2 rings (SSSR count). The number of nitrogens with one attached hydrogen (secondary N) is 2. The summed E-state index contributed by atoms with van der Waals surface area (Å²) < 4.78 is 5.11. The summed E-state index contributed by atoms with van der Waals surface area (Å²) in [6.45, 7) is 0.626. The normalized spacial score (nSPS) is 13.9. The van der Waals surface area contributed by atoms with Crippen LogP contribution in [0.4, 0.5) is 4.79 Å². The Kier molecular flexibility index (Phi) is 5.47. The fourth-order valence-corrected chi connectivity index (χ4v) is 2.30. The van der Waals surface area contributed by atoms with Crippen LogP contribution in [0.25, 0.3) is 0 Å². The summed E-state index contributed by atoms with van der Waals surface area (Å²) in [5.74, 6) is 0.850. The number of methoxy groups -OCH3 is 1. The van der Waals surface area contributed by atoms with E-state index in [1.54, 1.807) is 7.11 Å². The highest BCUT2D eigenvalue weighted by Gasteiger charge is 2.06. The molecule has 0 aliphatic heterocycles. The van der Waals surface area contributed by atoms with Crippen LogP contribution >= 0.6 is 0 Å². The summed E-state index contributed by atoms with van der Waals surface area (Å²) in [6, 6.07) is 7.76. The summed E-state index contributed by atoms with van der Waals surface area (Å²) in [5, 5.41) is 5.65. The summed E-state index contributed by atoms with van der Waals surface area (Å²) >= 11 is 0. The lowest BCUT2D eigenvalue weighted by molar-refractivity contribution is 0.244. The predicted octanol–water partition coefficient (Wildman–Crippen LogP) is 2.99. The van der Waals surface area contributed by atoms with Crippen LogP contribution in [-0.2, 0) is 6.42 Å². The number of benzene rings is 1. The maximum Gasteiger partial charge on any atom is 0.318 e. The van der Waals surface area contributed by atoms with Gasteiger partial charge in [0, 0.05) is 12.7 Å². The molecule has 0 spiro atoms. The molecule has 4 nitrogen and oxygen atoms in total. The molecule has 0 bridgehead atoms. The molecule has 4 heteroatoms. The number of carbonyl (C=O) groups excluding carboxylic acids is 1. The Balaban J connectivity index is 1.66. The first-order chi connectivity index (χ1) is 9.78. The van der Waals surface area contributed by atoms with Crippen molar-refractivity contribution >= 4 is 6.03 Å². The van der Waals surface area contributed by atoms with E-state index in [0.29, 0.717) is 6.54 Å². The number of hydrogen-bond donors (Lipinski definition) is 2. The lowest BCUT2D eigenvalue weighted by Gasteiger charge is -2.06. The first-order valence-corrected chi connectivity index (χ1v) is 7.13. The van der Waals surface area contributed by atoms with Crippen molar-refractivity contribution in [2.75, 3.05) is 13.7 Å². The highest BCUT2D eigenvalue weighted by Crippen LogP contribution is 2.22. The highest BCUT2D eigenvalue weighted by molar-refractivity contribution is 5.74. The maximum absolute atomic E-state index is 11.6. The molecular formula is C16H22N2O2. The van der Waals surface area contributed by atoms with Crippen molar-refractivity contribution in [2.24, 2.45) is 0 Å². The molecule has 1 aliphatic rings. The topological polar surface area (TPSA) is 50.4 Å². The van der Waals surface area contributed by atoms with Crippen molar-refractivity contribution in [3.8, 4) is 5.75 Å². The van der Waals surface area contributed by atoms with E-state index in [1.165, 1.54) is 24.0 Å². The van der Waals surface area contributed by atoms with Crippen LogP contribution in [0.15, 0.2) is 36.0 Å². The van der Waals surface area contributed by atoms with Gasteiger partial charge in [-0.15, -0.1) is 0 Å². The van der Waals surface area contributed by atoms with E-state index in [4.69, 9.17) is 4.74 Å². The van der Waals surface area contributed by atoms with Gasteiger partial charge < -0.3 is 15.4 Å². The van der Waals surface area contributed by atoms with Gasteiger partial charge in [0.2, 0.25) is 0 Å². The second kappa shape index (κ2) is 7.58. The second-order valence-corrected chi connectivity index (χ2v) is 5.01. The zero-order chi connectivity index (χ0) is 14.2. The van der Waals surface area contributed by atoms with Gasteiger partial charge in [-0.1, -0.05) is 17.7 Å². The summed E-state index contributed by atoms with van der Waals surface area (Å²) in [4.78, 5) is 11.6. The average molecular weight is 274 g/mol. The van der Waals surface area contributed by atoms with Gasteiger partial charge in [0.1, 0.15) is 5.75 Å². The van der Waals surface area contributed by atoms with E-state index in [9.17, 15) is 4.79 Å². The Morgan fingerprint density at radius 2 is 1.95 bits per heavy atom. The van der Waals surface area contributed by atoms with Crippen LogP contribution in [0.1, 0.15) is 31.2 Å². The number of rotatable bonds is 5. The van der Waals surface area contributed by atoms with Crippen LogP contribution in [0.3, 0.4) is 0 Å². The molecule has 1 saturated carbocycles. The van der Waals surface area contributed by atoms with Crippen molar-refractivity contribution in [1.82, 2.24) is 10.6 Å². The van der Waals surface area contributed by atoms with Crippen molar-refractivity contribution in [2.45, 2.75) is 32.1 Å². The van der Waals surface area contributed by atoms with Gasteiger partial charge in [0.25, 0.3) is 0 Å². The summed E-state index contributed by atoms with van der Waals surface area (Å²) in [6.07, 6.45) is 7.39. The third-order valence-corrected chi connectivity index (χ3v) is 3.51. The Morgan fingerprint density at radius 1 is 1.25 bits per heavy atom. The maximum atomic E-state index is 11.6. The van der Waals surface area contributed by atoms with Crippen LogP contribution in [-0.4, -0.2) is 19.7 Å². The Hall–Kier alpha value is -1.97. The lowest BCUT2D eigenvalue weighted by Crippen LogP contribution is -2.33. The van der Waals surface area contributed by atoms with E-state index < -0.39 is 0 Å². The van der Waals surface area contributed by atoms with E-state index in [2.05, 4.69) is 10.6 Å². The largest absolute Gasteiger partial charge is 0.497 e. The van der Waals surface area contributed by atoms with Gasteiger partial charge in [-0.3, -0.25) is 0 Å². The first-order valence-electron chi connectivity index (χ1n) is 7.13. The molecule has 1 aromatic rings. The highest BCUT2D eigenvalue weighted by atomic mass is 16.5. The van der Waals surface area contributed by atoms with Crippen molar-refractivity contribution in [3.05, 3.63) is 41.6 Å². The van der Waals surface area contributed by atoms with Crippen molar-refractivity contribution in [3.63, 3.8) is 0 Å². The third-order valence-electron chi connectivity index (χ3n) is 3.51. The van der Waals surface area contributed by atoms with Gasteiger partial charge >= 0.3 is 6.03 Å². The number of ether oxygens (including phenoxy) is 1. The van der Waals surface area contributed by atoms with Crippen molar-refractivity contribution in [1.29, 1.82) is 0 Å². The van der Waals surface area contributed by atoms with E-state index in [-0.39, 0.29) is 6.03 Å². The smallest absolute Gasteiger partial charge is 0.318 e. The minimum absolute atomic E-state index is 0.127. The minimum atomic E-state index is -0.127. The number of carbonyl (C=O) groups is 1. The van der Waals surface area contributed by atoms with E-state index >= 15 is 0 Å². The molecular weight excluding hydrogens is 252 g/mol. The van der Waals surface area contributed by atoms with Gasteiger partial charge in [-0.25, -0.2) is 4.79 Å². The van der Waals surface area contributed by atoms with Crippen LogP contribution in [0.5, 0.6) is 5.75 Å². The molecule has 0 atom stereocenters. The average Bonchev–Trinajstić information content (AvgIpc) is 2.99. The summed E-state index contributed by atoms with van der Waals surface area (Å²) in [5.41, 5.74) is 2.52. The molecule has 108 valence electrons. The SMILES string of the molecule is COc1ccc(CCNC(=O)NC=C2CCCC2)cc1. The molecule has 0 saturated heterocycles. The number of hydrogen-bond acceptors (Lipinski definition) is 2. The molecule has 0 radical (unpaired) electrons. The lowest BCUT2D eigenvalue weighted by atomic mass is 10.1. The van der Waals surface area contributed by atoms with E-state index in [0.717, 1.165) is 25.0 Å². The zero-order valence-electron chi connectivity index (χ0n) is 11.9. The minimum Gasteiger partial charge on any atom is -0.497 e. The van der Waals surface area contributed by atoms with Gasteiger partial charge in [-0.2, -0.15) is 0 Å². The Morgan fingerprint density at radius 3 is 2.60 bits per heavy atom. The Bertz CT molecular complexity index is 458. The molecule has 20 heavy (non-hydrogen) atoms. The molecule has 0 aromatic heterocycles. The van der Waals surface area contributed by atoms with E-state index in [1.807, 2.05) is 30.5 Å². The van der Waals surface area contributed by atoms with Gasteiger partial charge in [-0.05, 0) is 49.8 Å². The first kappa shape index (κ1) is 14.4. The molecule has 0 heterocycles. The second-order valence-electron chi connectivity index (χ2n) is 5.01. The predicted molar refractivity (Wildman–Crippen MR) is 79.8 cm³/mol. The summed E-state index contributed by atoms with van der Waals surface area (Å²) in [7, 11) is 1.65. The molecule has 1 fully saturated rings. The molecule has 1 aliphatic carbocycles. The van der Waals surface area contributed by atoms with Crippen LogP contribution < -0.4 is 15.4 Å². The molecule has 1 aromatic carbocycles. The monoisotopic (exact) mass is 274 g/mol. The van der Waals surface area contributed by atoms with Crippen molar-refractivity contribution < 1.29 is 9.53 Å². The molecule has 2 amide bonds. The van der Waals surface area contributed by atoms with Gasteiger partial charge in [0.05, 0.1) is 7.11 Å². The zero-order valence-corrected chi connectivity index (χ0v) is 11.9. The Labute approximate surface area is 120 Å². The standard InChI is InChI=1S/C16H22N2O2/c1-20-15-8-6-13(7-9-15)10-11-17-16(19)18-12-14-4-2-3-5-14/h6-9,12H,2-5,10-11H2,1H3,(H2,17,18,19). The number of amides is 2. The third kappa shape index (κ3) is 4.61. The molecule has 2 N–H and O–H groups in total. The number of urea groups is 1. The number of allylic oxidation sites excluding steroid dienone is 1. The fraction of sp³-hybridized carbons (Fsp3) is 0.438.